The summed E-state index contributed by atoms with van der Waals surface area (Å²) in [5, 5.41) is 7.32. The van der Waals surface area contributed by atoms with Crippen molar-refractivity contribution in [1.29, 1.82) is 0 Å². The Labute approximate surface area is 180 Å². The van der Waals surface area contributed by atoms with Gasteiger partial charge in [0.2, 0.25) is 10.0 Å². The molecule has 172 valence electrons. The molecule has 1 aromatic heterocycles. The first-order valence-electron chi connectivity index (χ1n) is 10.8. The number of ether oxygens (including phenoxy) is 1. The lowest BCUT2D eigenvalue weighted by Gasteiger charge is -2.36. The monoisotopic (exact) mass is 443 g/mol. The fraction of sp³-hybridized carbons (Fsp3) is 0.800. The van der Waals surface area contributed by atoms with E-state index in [1.807, 2.05) is 34.6 Å². The molecule has 30 heavy (non-hydrogen) atoms. The van der Waals surface area contributed by atoms with Crippen LogP contribution in [0.5, 0.6) is 0 Å². The molecular formula is C20H37N5O4S. The van der Waals surface area contributed by atoms with E-state index in [0.717, 1.165) is 42.4 Å². The molecule has 0 radical (unpaired) electrons. The summed E-state index contributed by atoms with van der Waals surface area (Å²) < 4.78 is 37.2. The Morgan fingerprint density at radius 2 is 1.97 bits per heavy atom. The van der Waals surface area contributed by atoms with Crippen LogP contribution in [0.3, 0.4) is 0 Å². The average Bonchev–Trinajstić information content (AvgIpc) is 3.02. The van der Waals surface area contributed by atoms with Crippen LogP contribution in [0.2, 0.25) is 0 Å². The highest BCUT2D eigenvalue weighted by Gasteiger charge is 2.28. The summed E-state index contributed by atoms with van der Waals surface area (Å²) in [6.45, 7) is 13.6. The second-order valence-electron chi connectivity index (χ2n) is 7.76. The zero-order valence-corrected chi connectivity index (χ0v) is 19.8. The van der Waals surface area contributed by atoms with Crippen LogP contribution in [0.15, 0.2) is 9.52 Å². The number of rotatable bonds is 10. The van der Waals surface area contributed by atoms with Crippen LogP contribution in [-0.4, -0.2) is 86.5 Å². The Balaban J connectivity index is 1.85. The zero-order valence-electron chi connectivity index (χ0n) is 19.0. The number of hydrogen-bond donors (Lipinski definition) is 1. The quantitative estimate of drug-likeness (QED) is 0.333. The van der Waals surface area contributed by atoms with Crippen LogP contribution in [0.4, 0.5) is 0 Å². The highest BCUT2D eigenvalue weighted by molar-refractivity contribution is 7.89. The van der Waals surface area contributed by atoms with Crippen molar-refractivity contribution in [3.05, 3.63) is 17.0 Å². The lowest BCUT2D eigenvalue weighted by Crippen LogP contribution is -2.54. The molecule has 1 aliphatic rings. The molecule has 9 nitrogen and oxygen atoms in total. The van der Waals surface area contributed by atoms with Gasteiger partial charge in [0, 0.05) is 44.8 Å². The molecule has 1 saturated heterocycles. The maximum Gasteiger partial charge on any atom is 0.216 e. The maximum atomic E-state index is 12.5. The number of aliphatic imine (C=N–C) groups is 1. The van der Waals surface area contributed by atoms with Crippen molar-refractivity contribution < 1.29 is 17.7 Å². The predicted octanol–water partition coefficient (Wildman–Crippen LogP) is 1.56. The fourth-order valence-electron chi connectivity index (χ4n) is 3.42. The van der Waals surface area contributed by atoms with Gasteiger partial charge in [-0.1, -0.05) is 5.16 Å². The largest absolute Gasteiger partial charge is 0.378 e. The van der Waals surface area contributed by atoms with Crippen LogP contribution >= 0.6 is 0 Å². The van der Waals surface area contributed by atoms with E-state index in [1.165, 1.54) is 0 Å². The minimum Gasteiger partial charge on any atom is -0.378 e. The Hall–Kier alpha value is -1.65. The van der Waals surface area contributed by atoms with Crippen LogP contribution in [0, 0.1) is 13.8 Å². The van der Waals surface area contributed by atoms with Gasteiger partial charge in [0.05, 0.1) is 24.2 Å². The molecule has 0 saturated carbocycles. The second kappa shape index (κ2) is 11.7. The Morgan fingerprint density at radius 3 is 2.53 bits per heavy atom. The molecule has 0 aliphatic carbocycles. The predicted molar refractivity (Wildman–Crippen MR) is 118 cm³/mol. The SMILES string of the molecule is CCNC(=NCCCc1c(C)noc1C)N1CCN(S(=O)(=O)CCOC(C)C)CC1. The zero-order chi connectivity index (χ0) is 22.1. The van der Waals surface area contributed by atoms with Crippen molar-refractivity contribution in [1.82, 2.24) is 19.7 Å². The number of guanidine groups is 1. The molecule has 0 aromatic carbocycles. The van der Waals surface area contributed by atoms with E-state index >= 15 is 0 Å². The first-order valence-corrected chi connectivity index (χ1v) is 12.4. The molecule has 1 fully saturated rings. The van der Waals surface area contributed by atoms with Gasteiger partial charge in [-0.25, -0.2) is 8.42 Å². The molecule has 0 amide bonds. The first-order chi connectivity index (χ1) is 14.2. The molecule has 0 bridgehead atoms. The van der Waals surface area contributed by atoms with E-state index in [4.69, 9.17) is 14.3 Å². The summed E-state index contributed by atoms with van der Waals surface area (Å²) in [5.74, 6) is 1.75. The molecule has 1 aromatic rings. The number of aryl methyl sites for hydroxylation is 2. The molecule has 1 aliphatic heterocycles. The molecule has 0 atom stereocenters. The summed E-state index contributed by atoms with van der Waals surface area (Å²) in [4.78, 5) is 6.88. The van der Waals surface area contributed by atoms with E-state index in [9.17, 15) is 8.42 Å². The van der Waals surface area contributed by atoms with Crippen molar-refractivity contribution in [3.63, 3.8) is 0 Å². The third kappa shape index (κ3) is 7.24. The van der Waals surface area contributed by atoms with Gasteiger partial charge >= 0.3 is 0 Å². The van der Waals surface area contributed by atoms with Crippen LogP contribution < -0.4 is 5.32 Å². The van der Waals surface area contributed by atoms with Gasteiger partial charge in [0.15, 0.2) is 5.96 Å². The molecule has 0 unspecified atom stereocenters. The van der Waals surface area contributed by atoms with Crippen molar-refractivity contribution >= 4 is 16.0 Å². The van der Waals surface area contributed by atoms with Crippen molar-refractivity contribution in [2.24, 2.45) is 4.99 Å². The molecule has 2 heterocycles. The van der Waals surface area contributed by atoms with Gasteiger partial charge in [-0.3, -0.25) is 4.99 Å². The van der Waals surface area contributed by atoms with Crippen molar-refractivity contribution in [2.45, 2.75) is 53.6 Å². The number of nitrogens with zero attached hydrogens (tertiary/aromatic N) is 4. The number of piperazine rings is 1. The van der Waals surface area contributed by atoms with Gasteiger partial charge in [-0.15, -0.1) is 0 Å². The minimum absolute atomic E-state index is 0.0288. The van der Waals surface area contributed by atoms with Crippen molar-refractivity contribution in [3.8, 4) is 0 Å². The fourth-order valence-corrected chi connectivity index (χ4v) is 4.71. The molecule has 10 heteroatoms. The van der Waals surface area contributed by atoms with Gasteiger partial charge in [0.25, 0.3) is 0 Å². The number of sulfonamides is 1. The van der Waals surface area contributed by atoms with Crippen molar-refractivity contribution in [2.75, 3.05) is 51.6 Å². The molecule has 2 rings (SSSR count). The molecule has 0 spiro atoms. The third-order valence-electron chi connectivity index (χ3n) is 5.09. The smallest absolute Gasteiger partial charge is 0.216 e. The van der Waals surface area contributed by atoms with Crippen LogP contribution in [0.1, 0.15) is 44.2 Å². The highest BCUT2D eigenvalue weighted by Crippen LogP contribution is 2.14. The first kappa shape index (κ1) is 24.6. The number of nitrogens with one attached hydrogen (secondary N) is 1. The molecule has 1 N–H and O–H groups in total. The summed E-state index contributed by atoms with van der Waals surface area (Å²) >= 11 is 0. The maximum absolute atomic E-state index is 12.5. The standard InChI is InChI=1S/C20H37N5O4S/c1-6-21-20(22-9-7-8-19-17(4)23-29-18(19)5)24-10-12-25(13-11-24)30(26,27)15-14-28-16(2)3/h16H,6-15H2,1-5H3,(H,21,22). The van der Waals surface area contributed by atoms with Gasteiger partial charge in [-0.2, -0.15) is 4.31 Å². The summed E-state index contributed by atoms with van der Waals surface area (Å²) in [6.07, 6.45) is 1.82. The molecular weight excluding hydrogens is 406 g/mol. The Bertz CT molecular complexity index is 764. The van der Waals surface area contributed by atoms with Crippen LogP contribution in [-0.2, 0) is 21.2 Å². The number of hydrogen-bond acceptors (Lipinski definition) is 6. The van der Waals surface area contributed by atoms with E-state index < -0.39 is 10.0 Å². The topological polar surface area (TPSA) is 100 Å². The minimum atomic E-state index is -3.29. The van der Waals surface area contributed by atoms with E-state index in [0.29, 0.717) is 32.7 Å². The highest BCUT2D eigenvalue weighted by atomic mass is 32.2. The van der Waals surface area contributed by atoms with Crippen LogP contribution in [0.25, 0.3) is 0 Å². The van der Waals surface area contributed by atoms with Gasteiger partial charge < -0.3 is 19.5 Å². The van der Waals surface area contributed by atoms with E-state index in [1.54, 1.807) is 4.31 Å². The summed E-state index contributed by atoms with van der Waals surface area (Å²) in [7, 11) is -3.29. The average molecular weight is 444 g/mol. The summed E-state index contributed by atoms with van der Waals surface area (Å²) in [5.41, 5.74) is 2.11. The summed E-state index contributed by atoms with van der Waals surface area (Å²) in [6, 6.07) is 0. The third-order valence-corrected chi connectivity index (χ3v) is 6.92. The van der Waals surface area contributed by atoms with Gasteiger partial charge in [-0.05, 0) is 47.5 Å². The number of aromatic nitrogens is 1. The lowest BCUT2D eigenvalue weighted by atomic mass is 10.1. The Morgan fingerprint density at radius 1 is 1.27 bits per heavy atom. The lowest BCUT2D eigenvalue weighted by molar-refractivity contribution is 0.0904. The van der Waals surface area contributed by atoms with E-state index in [2.05, 4.69) is 15.4 Å². The van der Waals surface area contributed by atoms with E-state index in [-0.39, 0.29) is 18.5 Å². The normalized spacial score (nSPS) is 16.5. The van der Waals surface area contributed by atoms with Gasteiger partial charge in [0.1, 0.15) is 5.76 Å². The Kier molecular flexibility index (Phi) is 9.57. The second-order valence-corrected chi connectivity index (χ2v) is 9.85.